The maximum Gasteiger partial charge on any atom is 0.228 e. The topological polar surface area (TPSA) is 86.8 Å². The lowest BCUT2D eigenvalue weighted by molar-refractivity contribution is -0.137. The van der Waals surface area contributed by atoms with Gasteiger partial charge in [0.2, 0.25) is 5.91 Å². The second kappa shape index (κ2) is 7.19. The third kappa shape index (κ3) is 3.49. The molecule has 1 aliphatic heterocycles. The number of rotatable bonds is 4. The molecule has 0 bridgehead atoms. The van der Waals surface area contributed by atoms with E-state index in [0.717, 1.165) is 37.6 Å². The first-order chi connectivity index (χ1) is 14.4. The Labute approximate surface area is 178 Å². The molecule has 5 rings (SSSR count). The smallest absolute Gasteiger partial charge is 0.228 e. The lowest BCUT2D eigenvalue weighted by atomic mass is 10.0. The monoisotopic (exact) mass is 428 g/mol. The van der Waals surface area contributed by atoms with Crippen molar-refractivity contribution >= 4 is 34.4 Å². The number of nitrogens with zero attached hydrogens (tertiary/aromatic N) is 4. The van der Waals surface area contributed by atoms with E-state index in [-0.39, 0.29) is 23.2 Å². The second-order valence-corrected chi connectivity index (χ2v) is 8.87. The standard InChI is InChI=1S/C21H22ClFN6O/c1-21(4-5-21)20(30)29-6-2-3-13(11-29)27-19-16(23)10-26-18(28-19)15-9-25-17-14(15)7-12(22)8-24-17/h7-10,13H,2-6,11H2,1H3,(H,24,25)(H,26,27,28)/t13-/m0/s1. The van der Waals surface area contributed by atoms with E-state index >= 15 is 0 Å². The predicted octanol–water partition coefficient (Wildman–Crippen LogP) is 4.02. The first-order valence-electron chi connectivity index (χ1n) is 10.1. The SMILES string of the molecule is CC1(C(=O)N2CCC[C@H](Nc3nc(-c4c[nH]c5ncc(Cl)cc45)ncc3F)C2)CC1. The number of halogens is 2. The van der Waals surface area contributed by atoms with Gasteiger partial charge in [-0.3, -0.25) is 4.79 Å². The number of anilines is 1. The molecular weight excluding hydrogens is 407 g/mol. The van der Waals surface area contributed by atoms with Crippen LogP contribution in [0.1, 0.15) is 32.6 Å². The number of carbonyl (C=O) groups excluding carboxylic acids is 1. The second-order valence-electron chi connectivity index (χ2n) is 8.44. The maximum absolute atomic E-state index is 14.5. The van der Waals surface area contributed by atoms with Gasteiger partial charge in [0.1, 0.15) is 5.65 Å². The van der Waals surface area contributed by atoms with Crippen LogP contribution in [0.3, 0.4) is 0 Å². The fourth-order valence-electron chi connectivity index (χ4n) is 4.02. The summed E-state index contributed by atoms with van der Waals surface area (Å²) in [6, 6.07) is 1.72. The van der Waals surface area contributed by atoms with Gasteiger partial charge in [-0.05, 0) is 31.7 Å². The van der Waals surface area contributed by atoms with E-state index in [1.54, 1.807) is 18.5 Å². The number of hydrogen-bond acceptors (Lipinski definition) is 5. The van der Waals surface area contributed by atoms with Crippen molar-refractivity contribution in [1.29, 1.82) is 0 Å². The van der Waals surface area contributed by atoms with Crippen molar-refractivity contribution in [3.63, 3.8) is 0 Å². The van der Waals surface area contributed by atoms with Gasteiger partial charge >= 0.3 is 0 Å². The number of aromatic amines is 1. The van der Waals surface area contributed by atoms with Crippen LogP contribution in [-0.4, -0.2) is 49.9 Å². The van der Waals surface area contributed by atoms with E-state index in [0.29, 0.717) is 28.6 Å². The minimum atomic E-state index is -0.521. The number of amides is 1. The Morgan fingerprint density at radius 1 is 1.37 bits per heavy atom. The highest BCUT2D eigenvalue weighted by Gasteiger charge is 2.47. The van der Waals surface area contributed by atoms with Gasteiger partial charge in [-0.25, -0.2) is 19.3 Å². The van der Waals surface area contributed by atoms with E-state index in [1.807, 2.05) is 11.8 Å². The minimum absolute atomic E-state index is 0.0543. The highest BCUT2D eigenvalue weighted by atomic mass is 35.5. The number of likely N-dealkylation sites (tertiary alicyclic amines) is 1. The molecule has 7 nitrogen and oxygen atoms in total. The molecule has 0 spiro atoms. The van der Waals surface area contributed by atoms with Crippen LogP contribution in [0.25, 0.3) is 22.4 Å². The van der Waals surface area contributed by atoms with Gasteiger partial charge in [-0.15, -0.1) is 0 Å². The Hall–Kier alpha value is -2.74. The van der Waals surface area contributed by atoms with Gasteiger partial charge in [0.15, 0.2) is 17.5 Å². The molecule has 0 aromatic carbocycles. The first-order valence-corrected chi connectivity index (χ1v) is 10.5. The number of piperidine rings is 1. The van der Waals surface area contributed by atoms with E-state index in [9.17, 15) is 9.18 Å². The molecular formula is C21H22ClFN6O. The summed E-state index contributed by atoms with van der Waals surface area (Å²) < 4.78 is 14.5. The van der Waals surface area contributed by atoms with E-state index in [4.69, 9.17) is 11.6 Å². The molecule has 0 unspecified atom stereocenters. The van der Waals surface area contributed by atoms with Crippen LogP contribution in [0.5, 0.6) is 0 Å². The summed E-state index contributed by atoms with van der Waals surface area (Å²) in [6.07, 6.45) is 8.10. The van der Waals surface area contributed by atoms with Crippen molar-refractivity contribution in [3.05, 3.63) is 35.5 Å². The van der Waals surface area contributed by atoms with Crippen molar-refractivity contribution in [2.24, 2.45) is 5.41 Å². The number of H-pyrrole nitrogens is 1. The molecule has 9 heteroatoms. The average molecular weight is 429 g/mol. The molecule has 1 aliphatic carbocycles. The van der Waals surface area contributed by atoms with Gasteiger partial charge in [-0.1, -0.05) is 18.5 Å². The predicted molar refractivity (Wildman–Crippen MR) is 113 cm³/mol. The zero-order chi connectivity index (χ0) is 20.9. The summed E-state index contributed by atoms with van der Waals surface area (Å²) in [5.41, 5.74) is 1.16. The summed E-state index contributed by atoms with van der Waals surface area (Å²) in [6.45, 7) is 3.33. The lowest BCUT2D eigenvalue weighted by Gasteiger charge is -2.35. The Morgan fingerprint density at radius 2 is 2.20 bits per heavy atom. The lowest BCUT2D eigenvalue weighted by Crippen LogP contribution is -2.47. The van der Waals surface area contributed by atoms with Gasteiger partial charge in [0, 0.05) is 47.9 Å². The summed E-state index contributed by atoms with van der Waals surface area (Å²) in [7, 11) is 0. The molecule has 2 fully saturated rings. The van der Waals surface area contributed by atoms with E-state index in [1.165, 1.54) is 6.20 Å². The van der Waals surface area contributed by atoms with Crippen LogP contribution in [0.4, 0.5) is 10.2 Å². The van der Waals surface area contributed by atoms with Crippen molar-refractivity contribution in [1.82, 2.24) is 24.8 Å². The quantitative estimate of drug-likeness (QED) is 0.655. The van der Waals surface area contributed by atoms with Crippen LogP contribution in [0, 0.1) is 11.2 Å². The zero-order valence-electron chi connectivity index (χ0n) is 16.6. The third-order valence-corrected chi connectivity index (χ3v) is 6.26. The van der Waals surface area contributed by atoms with Crippen molar-refractivity contribution in [2.45, 2.75) is 38.6 Å². The van der Waals surface area contributed by atoms with Crippen LogP contribution in [-0.2, 0) is 4.79 Å². The van der Waals surface area contributed by atoms with E-state index < -0.39 is 5.82 Å². The summed E-state index contributed by atoms with van der Waals surface area (Å²) in [5, 5.41) is 4.47. The molecule has 4 heterocycles. The molecule has 156 valence electrons. The number of aromatic nitrogens is 4. The average Bonchev–Trinajstić information content (AvgIpc) is 3.36. The molecule has 2 N–H and O–H groups in total. The highest BCUT2D eigenvalue weighted by molar-refractivity contribution is 6.31. The fraction of sp³-hybridized carbons (Fsp3) is 0.429. The number of carbonyl (C=O) groups is 1. The van der Waals surface area contributed by atoms with Gasteiger partial charge in [0.05, 0.1) is 11.2 Å². The first kappa shape index (κ1) is 19.2. The van der Waals surface area contributed by atoms with Gasteiger partial charge in [0.25, 0.3) is 0 Å². The van der Waals surface area contributed by atoms with Crippen LogP contribution in [0.15, 0.2) is 24.7 Å². The Kier molecular flexibility index (Phi) is 4.61. The maximum atomic E-state index is 14.5. The highest BCUT2D eigenvalue weighted by Crippen LogP contribution is 2.46. The third-order valence-electron chi connectivity index (χ3n) is 6.05. The zero-order valence-corrected chi connectivity index (χ0v) is 17.3. The minimum Gasteiger partial charge on any atom is -0.363 e. The Bertz CT molecular complexity index is 1130. The van der Waals surface area contributed by atoms with Gasteiger partial charge in [-0.2, -0.15) is 0 Å². The molecule has 2 aliphatic rings. The molecule has 30 heavy (non-hydrogen) atoms. The Balaban J connectivity index is 1.38. The van der Waals surface area contributed by atoms with Crippen LogP contribution in [0.2, 0.25) is 5.02 Å². The molecule has 1 amide bonds. The summed E-state index contributed by atoms with van der Waals surface area (Å²) in [4.78, 5) is 30.5. The van der Waals surface area contributed by atoms with E-state index in [2.05, 4.69) is 25.3 Å². The molecule has 1 saturated heterocycles. The summed E-state index contributed by atoms with van der Waals surface area (Å²) >= 11 is 6.07. The number of pyridine rings is 1. The number of fused-ring (bicyclic) bond motifs is 1. The normalized spacial score (nSPS) is 20.4. The molecule has 0 radical (unpaired) electrons. The molecule has 3 aromatic heterocycles. The van der Waals surface area contributed by atoms with Crippen LogP contribution < -0.4 is 5.32 Å². The largest absolute Gasteiger partial charge is 0.363 e. The van der Waals surface area contributed by atoms with Crippen molar-refractivity contribution in [2.75, 3.05) is 18.4 Å². The fourth-order valence-corrected chi connectivity index (χ4v) is 4.17. The molecule has 1 saturated carbocycles. The number of nitrogens with one attached hydrogen (secondary N) is 2. The van der Waals surface area contributed by atoms with Crippen LogP contribution >= 0.6 is 11.6 Å². The Morgan fingerprint density at radius 3 is 3.00 bits per heavy atom. The van der Waals surface area contributed by atoms with Crippen molar-refractivity contribution < 1.29 is 9.18 Å². The van der Waals surface area contributed by atoms with Crippen molar-refractivity contribution in [3.8, 4) is 11.4 Å². The number of hydrogen-bond donors (Lipinski definition) is 2. The molecule has 1 atom stereocenters. The summed E-state index contributed by atoms with van der Waals surface area (Å²) in [5.74, 6) is 0.207. The van der Waals surface area contributed by atoms with Gasteiger partial charge < -0.3 is 15.2 Å². The molecule has 3 aromatic rings.